The van der Waals surface area contributed by atoms with Gasteiger partial charge in [-0.3, -0.25) is 4.98 Å². The Kier molecular flexibility index (Phi) is 6.95. The fourth-order valence-corrected chi connectivity index (χ4v) is 3.35. The number of benzene rings is 2. The van der Waals surface area contributed by atoms with Crippen molar-refractivity contribution in [3.8, 4) is 22.8 Å². The maximum atomic E-state index is 13.0. The molecule has 174 valence electrons. The second kappa shape index (κ2) is 9.52. The first-order valence-electron chi connectivity index (χ1n) is 10.3. The van der Waals surface area contributed by atoms with Gasteiger partial charge in [-0.05, 0) is 69.7 Å². The first-order chi connectivity index (χ1) is 15.5. The van der Waals surface area contributed by atoms with E-state index in [1.165, 1.54) is 13.0 Å². The van der Waals surface area contributed by atoms with Crippen molar-refractivity contribution in [3.05, 3.63) is 77.0 Å². The number of rotatable bonds is 7. The molecule has 0 amide bonds. The number of carboxylic acid groups (broad SMARTS) is 1. The van der Waals surface area contributed by atoms with Crippen molar-refractivity contribution in [1.82, 2.24) is 4.98 Å². The highest BCUT2D eigenvalue weighted by atomic mass is 19.4. The van der Waals surface area contributed by atoms with E-state index in [2.05, 4.69) is 4.98 Å². The highest BCUT2D eigenvalue weighted by Crippen LogP contribution is 2.33. The lowest BCUT2D eigenvalue weighted by Crippen LogP contribution is -2.23. The van der Waals surface area contributed by atoms with E-state index >= 15 is 0 Å². The molecule has 0 spiro atoms. The minimum Gasteiger partial charge on any atom is -0.486 e. The summed E-state index contributed by atoms with van der Waals surface area (Å²) in [6.07, 6.45) is -5.77. The van der Waals surface area contributed by atoms with Crippen LogP contribution in [0, 0.1) is 13.8 Å². The molecule has 2 unspecified atom stereocenters. The van der Waals surface area contributed by atoms with Crippen molar-refractivity contribution < 1.29 is 32.5 Å². The zero-order valence-electron chi connectivity index (χ0n) is 18.6. The molecule has 1 heterocycles. The van der Waals surface area contributed by atoms with E-state index in [1.54, 1.807) is 50.2 Å². The van der Waals surface area contributed by atoms with E-state index in [-0.39, 0.29) is 6.10 Å². The summed E-state index contributed by atoms with van der Waals surface area (Å²) in [6.45, 7) is 6.87. The SMILES string of the molecule is Cc1cc(OC(C)c2ccc(-c3cccc(C(F)(F)F)c3)nc2C)ccc1OC(C)C(=O)O. The van der Waals surface area contributed by atoms with Gasteiger partial charge in [-0.25, -0.2) is 4.79 Å². The summed E-state index contributed by atoms with van der Waals surface area (Å²) in [4.78, 5) is 15.5. The van der Waals surface area contributed by atoms with Crippen LogP contribution in [0.3, 0.4) is 0 Å². The summed E-state index contributed by atoms with van der Waals surface area (Å²) < 4.78 is 50.5. The largest absolute Gasteiger partial charge is 0.486 e. The number of alkyl halides is 3. The third kappa shape index (κ3) is 5.83. The smallest absolute Gasteiger partial charge is 0.416 e. The average molecular weight is 459 g/mol. The lowest BCUT2D eigenvalue weighted by Gasteiger charge is -2.19. The number of pyridine rings is 1. The third-order valence-corrected chi connectivity index (χ3v) is 5.16. The highest BCUT2D eigenvalue weighted by Gasteiger charge is 2.30. The maximum absolute atomic E-state index is 13.0. The fourth-order valence-electron chi connectivity index (χ4n) is 3.35. The Morgan fingerprint density at radius 3 is 2.33 bits per heavy atom. The van der Waals surface area contributed by atoms with Gasteiger partial charge in [-0.1, -0.05) is 18.2 Å². The molecule has 0 aliphatic rings. The molecule has 8 heteroatoms. The molecule has 0 radical (unpaired) electrons. The van der Waals surface area contributed by atoms with Crippen LogP contribution in [-0.2, 0) is 11.0 Å². The Balaban J connectivity index is 1.77. The fraction of sp³-hybridized carbons (Fsp3) is 0.280. The van der Waals surface area contributed by atoms with Gasteiger partial charge in [0.15, 0.2) is 6.10 Å². The summed E-state index contributed by atoms with van der Waals surface area (Å²) in [7, 11) is 0. The number of aliphatic carboxylic acids is 1. The van der Waals surface area contributed by atoms with E-state index in [1.807, 2.05) is 6.92 Å². The van der Waals surface area contributed by atoms with Crippen molar-refractivity contribution in [3.63, 3.8) is 0 Å². The van der Waals surface area contributed by atoms with Gasteiger partial charge in [0.05, 0.1) is 11.3 Å². The number of aromatic nitrogens is 1. The summed E-state index contributed by atoms with van der Waals surface area (Å²) in [6, 6.07) is 13.6. The Morgan fingerprint density at radius 1 is 1.00 bits per heavy atom. The molecule has 2 aromatic carbocycles. The first-order valence-corrected chi connectivity index (χ1v) is 10.3. The van der Waals surface area contributed by atoms with E-state index in [4.69, 9.17) is 14.6 Å². The molecule has 3 aromatic rings. The third-order valence-electron chi connectivity index (χ3n) is 5.16. The number of hydrogen-bond acceptors (Lipinski definition) is 4. The average Bonchev–Trinajstić information content (AvgIpc) is 2.74. The van der Waals surface area contributed by atoms with Crippen molar-refractivity contribution in [2.45, 2.75) is 46.1 Å². The van der Waals surface area contributed by atoms with Gasteiger partial charge in [-0.2, -0.15) is 13.2 Å². The molecule has 0 saturated carbocycles. The van der Waals surface area contributed by atoms with E-state index in [0.717, 1.165) is 23.3 Å². The number of ether oxygens (including phenoxy) is 2. The van der Waals surface area contributed by atoms with Crippen molar-refractivity contribution >= 4 is 5.97 Å². The predicted molar refractivity (Wildman–Crippen MR) is 117 cm³/mol. The second-order valence-electron chi connectivity index (χ2n) is 7.74. The zero-order chi connectivity index (χ0) is 24.3. The van der Waals surface area contributed by atoms with E-state index in [0.29, 0.717) is 28.5 Å². The molecular formula is C25H24F3NO4. The summed E-state index contributed by atoms with van der Waals surface area (Å²) >= 11 is 0. The number of halogens is 3. The standard InChI is InChI=1S/C25H24F3NO4/c1-14-12-20(8-11-23(14)33-17(4)24(30)31)32-16(3)21-9-10-22(29-15(21)2)18-6-5-7-19(13-18)25(26,27)28/h5-13,16-17H,1-4H3,(H,30,31). The van der Waals surface area contributed by atoms with Gasteiger partial charge in [0, 0.05) is 16.8 Å². The van der Waals surface area contributed by atoms with Crippen LogP contribution in [0.1, 0.15) is 42.3 Å². The van der Waals surface area contributed by atoms with Crippen LogP contribution in [0.4, 0.5) is 13.2 Å². The molecule has 0 aliphatic carbocycles. The molecule has 33 heavy (non-hydrogen) atoms. The molecular weight excluding hydrogens is 435 g/mol. The number of hydrogen-bond donors (Lipinski definition) is 1. The van der Waals surface area contributed by atoms with Crippen LogP contribution in [-0.4, -0.2) is 22.2 Å². The monoisotopic (exact) mass is 459 g/mol. The quantitative estimate of drug-likeness (QED) is 0.444. The summed E-state index contributed by atoms with van der Waals surface area (Å²) in [5.41, 5.74) is 2.27. The van der Waals surface area contributed by atoms with Crippen LogP contribution < -0.4 is 9.47 Å². The van der Waals surface area contributed by atoms with Gasteiger partial charge >= 0.3 is 12.1 Å². The minimum atomic E-state index is -4.42. The number of carbonyl (C=O) groups is 1. The lowest BCUT2D eigenvalue weighted by atomic mass is 10.0. The van der Waals surface area contributed by atoms with Crippen molar-refractivity contribution in [2.75, 3.05) is 0 Å². The van der Waals surface area contributed by atoms with E-state index in [9.17, 15) is 18.0 Å². The van der Waals surface area contributed by atoms with Gasteiger partial charge < -0.3 is 14.6 Å². The predicted octanol–water partition coefficient (Wildman–Crippen LogP) is 6.38. The van der Waals surface area contributed by atoms with E-state index < -0.39 is 23.8 Å². The summed E-state index contributed by atoms with van der Waals surface area (Å²) in [5.74, 6) is -0.0372. The minimum absolute atomic E-state index is 0.378. The topological polar surface area (TPSA) is 68.7 Å². The molecule has 0 aliphatic heterocycles. The Bertz CT molecular complexity index is 1160. The number of nitrogens with zero attached hydrogens (tertiary/aromatic N) is 1. The number of aryl methyl sites for hydroxylation is 2. The van der Waals surface area contributed by atoms with Crippen molar-refractivity contribution in [1.29, 1.82) is 0 Å². The zero-order valence-corrected chi connectivity index (χ0v) is 18.6. The van der Waals surface area contributed by atoms with Crippen LogP contribution in [0.15, 0.2) is 54.6 Å². The number of carboxylic acids is 1. The van der Waals surface area contributed by atoms with Crippen LogP contribution in [0.25, 0.3) is 11.3 Å². The van der Waals surface area contributed by atoms with Gasteiger partial charge in [0.25, 0.3) is 0 Å². The highest BCUT2D eigenvalue weighted by molar-refractivity contribution is 5.72. The Morgan fingerprint density at radius 2 is 1.73 bits per heavy atom. The molecule has 0 bridgehead atoms. The lowest BCUT2D eigenvalue weighted by molar-refractivity contribution is -0.144. The van der Waals surface area contributed by atoms with Gasteiger partial charge in [0.2, 0.25) is 0 Å². The molecule has 1 N–H and O–H groups in total. The molecule has 5 nitrogen and oxygen atoms in total. The van der Waals surface area contributed by atoms with Gasteiger partial charge in [0.1, 0.15) is 17.6 Å². The van der Waals surface area contributed by atoms with Gasteiger partial charge in [-0.15, -0.1) is 0 Å². The van der Waals surface area contributed by atoms with Crippen LogP contribution >= 0.6 is 0 Å². The molecule has 3 rings (SSSR count). The molecule has 0 fully saturated rings. The first kappa shape index (κ1) is 24.1. The van der Waals surface area contributed by atoms with Crippen molar-refractivity contribution in [2.24, 2.45) is 0 Å². The normalized spacial score (nSPS) is 13.3. The maximum Gasteiger partial charge on any atom is 0.416 e. The van der Waals surface area contributed by atoms with Crippen LogP contribution in [0.5, 0.6) is 11.5 Å². The summed E-state index contributed by atoms with van der Waals surface area (Å²) in [5, 5.41) is 9.00. The molecule has 0 saturated heterocycles. The Labute approximate surface area is 189 Å². The second-order valence-corrected chi connectivity index (χ2v) is 7.74. The molecule has 2 atom stereocenters. The molecule has 1 aromatic heterocycles. The Hall–Kier alpha value is -3.55. The van der Waals surface area contributed by atoms with Crippen LogP contribution in [0.2, 0.25) is 0 Å².